The van der Waals surface area contributed by atoms with Crippen molar-refractivity contribution in [1.29, 1.82) is 5.26 Å². The van der Waals surface area contributed by atoms with Crippen LogP contribution in [0, 0.1) is 25.2 Å². The Balaban J connectivity index is 1.76. The summed E-state index contributed by atoms with van der Waals surface area (Å²) in [5.41, 5.74) is 5.69. The maximum atomic E-state index is 13.3. The van der Waals surface area contributed by atoms with Crippen LogP contribution in [0.5, 0.6) is 0 Å². The van der Waals surface area contributed by atoms with Crippen LogP contribution < -0.4 is 10.6 Å². The molecular weight excluding hydrogens is 427 g/mol. The van der Waals surface area contributed by atoms with Gasteiger partial charge in [0.05, 0.1) is 22.9 Å². The third-order valence-corrected chi connectivity index (χ3v) is 5.59. The van der Waals surface area contributed by atoms with E-state index < -0.39 is 29.3 Å². The number of rotatable bonds is 5. The second kappa shape index (κ2) is 8.90. The van der Waals surface area contributed by atoms with Crippen molar-refractivity contribution in [1.82, 2.24) is 10.1 Å². The largest absolute Gasteiger partial charge is 0.417 e. The SMILES string of the molecule is Cc1noc(C)c1CCC(=O)N1CCN(c2ccc(C#N)c(C(F)(F)F)c2)CC1C(N)=O. The summed E-state index contributed by atoms with van der Waals surface area (Å²) in [6, 6.07) is 3.91. The fraction of sp³-hybridized carbons (Fsp3) is 0.429. The van der Waals surface area contributed by atoms with Gasteiger partial charge in [-0.05, 0) is 38.5 Å². The number of nitriles is 1. The van der Waals surface area contributed by atoms with Crippen LogP contribution in [-0.4, -0.2) is 47.5 Å². The minimum atomic E-state index is -4.69. The summed E-state index contributed by atoms with van der Waals surface area (Å²) < 4.78 is 45.0. The normalized spacial score (nSPS) is 16.7. The van der Waals surface area contributed by atoms with Crippen LogP contribution in [0.15, 0.2) is 22.7 Å². The molecule has 170 valence electrons. The van der Waals surface area contributed by atoms with E-state index in [9.17, 15) is 22.8 Å². The van der Waals surface area contributed by atoms with E-state index in [0.29, 0.717) is 17.9 Å². The van der Waals surface area contributed by atoms with E-state index in [4.69, 9.17) is 15.5 Å². The highest BCUT2D eigenvalue weighted by Gasteiger charge is 2.37. The summed E-state index contributed by atoms with van der Waals surface area (Å²) in [6.07, 6.45) is -4.20. The van der Waals surface area contributed by atoms with Crippen LogP contribution >= 0.6 is 0 Å². The smallest absolute Gasteiger partial charge is 0.368 e. The maximum Gasteiger partial charge on any atom is 0.417 e. The summed E-state index contributed by atoms with van der Waals surface area (Å²) >= 11 is 0. The monoisotopic (exact) mass is 449 g/mol. The molecule has 1 aromatic heterocycles. The number of nitrogens with zero attached hydrogens (tertiary/aromatic N) is 4. The molecule has 1 fully saturated rings. The summed E-state index contributed by atoms with van der Waals surface area (Å²) in [7, 11) is 0. The molecule has 0 bridgehead atoms. The average molecular weight is 449 g/mol. The van der Waals surface area contributed by atoms with Gasteiger partial charge in [-0.15, -0.1) is 0 Å². The van der Waals surface area contributed by atoms with Crippen LogP contribution in [-0.2, 0) is 22.2 Å². The van der Waals surface area contributed by atoms with Gasteiger partial charge in [0.15, 0.2) is 0 Å². The molecule has 1 unspecified atom stereocenters. The summed E-state index contributed by atoms with van der Waals surface area (Å²) in [5, 5.41) is 12.8. The lowest BCUT2D eigenvalue weighted by Crippen LogP contribution is -2.60. The van der Waals surface area contributed by atoms with E-state index in [2.05, 4.69) is 5.16 Å². The molecule has 1 aliphatic rings. The number of aryl methyl sites for hydroxylation is 2. The molecule has 2 heterocycles. The number of anilines is 1. The van der Waals surface area contributed by atoms with Crippen LogP contribution in [0.1, 0.15) is 34.6 Å². The van der Waals surface area contributed by atoms with Gasteiger partial charge >= 0.3 is 6.18 Å². The highest BCUT2D eigenvalue weighted by atomic mass is 19.4. The molecule has 1 aliphatic heterocycles. The van der Waals surface area contributed by atoms with Gasteiger partial charge < -0.3 is 20.1 Å². The minimum Gasteiger partial charge on any atom is -0.368 e. The molecule has 1 aromatic carbocycles. The highest BCUT2D eigenvalue weighted by molar-refractivity contribution is 5.88. The first-order valence-corrected chi connectivity index (χ1v) is 9.89. The zero-order valence-electron chi connectivity index (χ0n) is 17.6. The van der Waals surface area contributed by atoms with Gasteiger partial charge in [-0.3, -0.25) is 9.59 Å². The number of hydrogen-bond donors (Lipinski definition) is 1. The van der Waals surface area contributed by atoms with Crippen molar-refractivity contribution < 1.29 is 27.3 Å². The van der Waals surface area contributed by atoms with Gasteiger partial charge in [0.1, 0.15) is 11.8 Å². The third kappa shape index (κ3) is 4.69. The Labute approximate surface area is 182 Å². The van der Waals surface area contributed by atoms with E-state index in [-0.39, 0.29) is 37.6 Å². The van der Waals surface area contributed by atoms with Gasteiger partial charge in [0.2, 0.25) is 11.8 Å². The van der Waals surface area contributed by atoms with Gasteiger partial charge in [0.25, 0.3) is 0 Å². The van der Waals surface area contributed by atoms with Crippen LogP contribution in [0.25, 0.3) is 0 Å². The van der Waals surface area contributed by atoms with Gasteiger partial charge in [0, 0.05) is 37.3 Å². The Morgan fingerprint density at radius 2 is 2.03 bits per heavy atom. The molecule has 0 saturated carbocycles. The van der Waals surface area contributed by atoms with Crippen LogP contribution in [0.2, 0.25) is 0 Å². The molecule has 0 radical (unpaired) electrons. The fourth-order valence-electron chi connectivity index (χ4n) is 3.85. The molecular formula is C21H22F3N5O3. The van der Waals surface area contributed by atoms with Crippen LogP contribution in [0.3, 0.4) is 0 Å². The molecule has 3 rings (SSSR count). The van der Waals surface area contributed by atoms with E-state index >= 15 is 0 Å². The molecule has 0 aliphatic carbocycles. The number of piperazine rings is 1. The van der Waals surface area contributed by atoms with E-state index in [1.165, 1.54) is 17.0 Å². The maximum absolute atomic E-state index is 13.3. The van der Waals surface area contributed by atoms with Crippen LogP contribution in [0.4, 0.5) is 18.9 Å². The molecule has 8 nitrogen and oxygen atoms in total. The minimum absolute atomic E-state index is 0.0460. The molecule has 2 N–H and O–H groups in total. The number of primary amides is 1. The topological polar surface area (TPSA) is 116 Å². The number of amides is 2. The number of carbonyl (C=O) groups excluding carboxylic acids is 2. The van der Waals surface area contributed by atoms with E-state index in [0.717, 1.165) is 17.7 Å². The number of hydrogen-bond acceptors (Lipinski definition) is 6. The molecule has 32 heavy (non-hydrogen) atoms. The Morgan fingerprint density at radius 1 is 1.31 bits per heavy atom. The zero-order chi connectivity index (χ0) is 23.6. The number of aromatic nitrogens is 1. The average Bonchev–Trinajstić information content (AvgIpc) is 3.07. The molecule has 1 atom stereocenters. The first kappa shape index (κ1) is 23.1. The van der Waals surface area contributed by atoms with Crippen molar-refractivity contribution in [3.8, 4) is 6.07 Å². The van der Waals surface area contributed by atoms with E-state index in [1.807, 2.05) is 0 Å². The molecule has 2 aromatic rings. The zero-order valence-corrected chi connectivity index (χ0v) is 17.6. The molecule has 0 spiro atoms. The third-order valence-electron chi connectivity index (χ3n) is 5.59. The number of benzene rings is 1. The lowest BCUT2D eigenvalue weighted by atomic mass is 10.0. The lowest BCUT2D eigenvalue weighted by molar-refractivity contribution is -0.139. The summed E-state index contributed by atoms with van der Waals surface area (Å²) in [6.45, 7) is 3.81. The Kier molecular flexibility index (Phi) is 6.43. The number of halogens is 3. The standard InChI is InChI=1S/C21H22F3N5O3/c1-12-16(13(2)32-27-12)5-6-19(30)29-8-7-28(11-18(29)20(26)31)15-4-3-14(10-25)17(9-15)21(22,23)24/h3-4,9,18H,5-8,11H2,1-2H3,(H2,26,31). The Morgan fingerprint density at radius 3 is 2.59 bits per heavy atom. The Bertz CT molecular complexity index is 1050. The first-order chi connectivity index (χ1) is 15.0. The second-order valence-electron chi connectivity index (χ2n) is 7.59. The van der Waals surface area contributed by atoms with Crippen molar-refractivity contribution in [3.63, 3.8) is 0 Å². The van der Waals surface area contributed by atoms with Crippen molar-refractivity contribution in [2.24, 2.45) is 5.73 Å². The fourth-order valence-corrected chi connectivity index (χ4v) is 3.85. The molecule has 11 heteroatoms. The van der Waals surface area contributed by atoms with Crippen molar-refractivity contribution >= 4 is 17.5 Å². The van der Waals surface area contributed by atoms with Crippen molar-refractivity contribution in [3.05, 3.63) is 46.3 Å². The van der Waals surface area contributed by atoms with Gasteiger partial charge in [-0.25, -0.2) is 0 Å². The predicted octanol–water partition coefficient (Wildman–Crippen LogP) is 2.32. The van der Waals surface area contributed by atoms with Crippen molar-refractivity contribution in [2.75, 3.05) is 24.5 Å². The lowest BCUT2D eigenvalue weighted by Gasteiger charge is -2.41. The summed E-state index contributed by atoms with van der Waals surface area (Å²) in [4.78, 5) is 27.8. The molecule has 2 amide bonds. The first-order valence-electron chi connectivity index (χ1n) is 9.89. The second-order valence-corrected chi connectivity index (χ2v) is 7.59. The van der Waals surface area contributed by atoms with Crippen molar-refractivity contribution in [2.45, 2.75) is 38.9 Å². The molecule has 1 saturated heterocycles. The number of nitrogens with two attached hydrogens (primary N) is 1. The number of carbonyl (C=O) groups is 2. The van der Waals surface area contributed by atoms with Gasteiger partial charge in [-0.2, -0.15) is 18.4 Å². The van der Waals surface area contributed by atoms with Gasteiger partial charge in [-0.1, -0.05) is 5.16 Å². The quantitative estimate of drug-likeness (QED) is 0.749. The van der Waals surface area contributed by atoms with E-state index in [1.54, 1.807) is 18.7 Å². The summed E-state index contributed by atoms with van der Waals surface area (Å²) in [5.74, 6) is -0.415. The number of alkyl halides is 3. The predicted molar refractivity (Wildman–Crippen MR) is 107 cm³/mol. The Hall–Kier alpha value is -3.55. The highest BCUT2D eigenvalue weighted by Crippen LogP contribution is 2.35.